The van der Waals surface area contributed by atoms with Gasteiger partial charge in [0, 0.05) is 42.7 Å². The minimum atomic E-state index is -0.725. The van der Waals surface area contributed by atoms with Gasteiger partial charge in [0.25, 0.3) is 11.7 Å². The van der Waals surface area contributed by atoms with Gasteiger partial charge in [-0.05, 0) is 31.0 Å². The van der Waals surface area contributed by atoms with Crippen LogP contribution in [0.15, 0.2) is 46.9 Å². The van der Waals surface area contributed by atoms with Gasteiger partial charge in [-0.25, -0.2) is 4.79 Å². The molecule has 5 rings (SSSR count). The number of furan rings is 1. The van der Waals surface area contributed by atoms with Crippen LogP contribution in [0, 0.1) is 0 Å². The fraction of sp³-hybridized carbons (Fsp3) is 0.333. The van der Waals surface area contributed by atoms with Gasteiger partial charge < -0.3 is 28.7 Å². The van der Waals surface area contributed by atoms with Crippen molar-refractivity contribution in [1.82, 2.24) is 0 Å². The Bertz CT molecular complexity index is 1180. The average Bonchev–Trinajstić information content (AvgIpc) is 3.49. The van der Waals surface area contributed by atoms with Gasteiger partial charge in [0.15, 0.2) is 18.1 Å². The first-order valence-corrected chi connectivity index (χ1v) is 10.6. The molecule has 2 heterocycles. The Morgan fingerprint density at radius 2 is 1.84 bits per heavy atom. The summed E-state index contributed by atoms with van der Waals surface area (Å²) in [5.41, 5.74) is 1.67. The lowest BCUT2D eigenvalue weighted by molar-refractivity contribution is -0.119. The molecule has 2 aliphatic rings. The van der Waals surface area contributed by atoms with Crippen LogP contribution >= 0.6 is 0 Å². The molecule has 0 unspecified atom stereocenters. The van der Waals surface area contributed by atoms with Crippen LogP contribution in [0.25, 0.3) is 11.0 Å². The molecule has 2 aromatic carbocycles. The van der Waals surface area contributed by atoms with Crippen LogP contribution < -0.4 is 14.8 Å². The van der Waals surface area contributed by atoms with E-state index >= 15 is 0 Å². The van der Waals surface area contributed by atoms with Crippen LogP contribution in [0.5, 0.6) is 11.5 Å². The molecule has 0 radical (unpaired) electrons. The lowest BCUT2D eigenvalue weighted by Crippen LogP contribution is -2.34. The molecule has 32 heavy (non-hydrogen) atoms. The number of amides is 1. The van der Waals surface area contributed by atoms with Crippen molar-refractivity contribution >= 4 is 28.5 Å². The standard InChI is InChI=1S/C24H23NO7/c1-28-13-17-16-6-2-3-7-18(16)30-22(17)23(27)29-14-21(26)25-15-8-9-19-20(12-15)32-24(31-19)10-4-5-11-24/h2-3,6-9,12H,4-5,10-11,13-14H2,1H3,(H,25,26). The number of hydrogen-bond donors (Lipinski definition) is 1. The summed E-state index contributed by atoms with van der Waals surface area (Å²) in [4.78, 5) is 24.9. The smallest absolute Gasteiger partial charge is 0.375 e. The number of ether oxygens (including phenoxy) is 4. The van der Waals surface area contributed by atoms with Gasteiger partial charge in [0.1, 0.15) is 5.58 Å². The molecule has 0 atom stereocenters. The summed E-state index contributed by atoms with van der Waals surface area (Å²) in [7, 11) is 1.53. The Hall–Kier alpha value is -3.52. The second-order valence-electron chi connectivity index (χ2n) is 7.95. The zero-order valence-electron chi connectivity index (χ0n) is 17.6. The number of nitrogens with one attached hydrogen (secondary N) is 1. The van der Waals surface area contributed by atoms with Crippen molar-refractivity contribution in [3.05, 3.63) is 53.8 Å². The maximum atomic E-state index is 12.6. The fourth-order valence-corrected chi connectivity index (χ4v) is 4.23. The number of esters is 1. The topological polar surface area (TPSA) is 96.2 Å². The van der Waals surface area contributed by atoms with Crippen LogP contribution in [-0.4, -0.2) is 31.4 Å². The molecular formula is C24H23NO7. The average molecular weight is 437 g/mol. The normalized spacial score (nSPS) is 15.9. The fourth-order valence-electron chi connectivity index (χ4n) is 4.23. The molecule has 166 valence electrons. The van der Waals surface area contributed by atoms with Gasteiger partial charge in [0.05, 0.1) is 6.61 Å². The Morgan fingerprint density at radius 1 is 1.06 bits per heavy atom. The van der Waals surface area contributed by atoms with E-state index in [-0.39, 0.29) is 12.4 Å². The highest BCUT2D eigenvalue weighted by molar-refractivity contribution is 5.98. The van der Waals surface area contributed by atoms with Crippen molar-refractivity contribution in [1.29, 1.82) is 0 Å². The summed E-state index contributed by atoms with van der Waals surface area (Å²) in [6.45, 7) is -0.271. The molecule has 1 aliphatic heterocycles. The van der Waals surface area contributed by atoms with E-state index in [1.165, 1.54) is 7.11 Å². The maximum Gasteiger partial charge on any atom is 0.375 e. The number of para-hydroxylation sites is 1. The maximum absolute atomic E-state index is 12.6. The van der Waals surface area contributed by atoms with Gasteiger partial charge in [-0.2, -0.15) is 0 Å². The van der Waals surface area contributed by atoms with Crippen molar-refractivity contribution in [2.45, 2.75) is 38.1 Å². The molecule has 1 fully saturated rings. The quantitative estimate of drug-likeness (QED) is 0.571. The number of benzene rings is 2. The highest BCUT2D eigenvalue weighted by atomic mass is 16.7. The monoisotopic (exact) mass is 437 g/mol. The Balaban J connectivity index is 1.22. The highest BCUT2D eigenvalue weighted by Gasteiger charge is 2.44. The van der Waals surface area contributed by atoms with E-state index < -0.39 is 24.3 Å². The second-order valence-corrected chi connectivity index (χ2v) is 7.95. The summed E-state index contributed by atoms with van der Waals surface area (Å²) in [6.07, 6.45) is 3.85. The van der Waals surface area contributed by atoms with E-state index in [1.807, 2.05) is 18.2 Å². The molecule has 0 saturated heterocycles. The first-order valence-electron chi connectivity index (χ1n) is 10.6. The van der Waals surface area contributed by atoms with Crippen LogP contribution in [0.2, 0.25) is 0 Å². The zero-order valence-corrected chi connectivity index (χ0v) is 17.6. The Labute approximate surface area is 184 Å². The lowest BCUT2D eigenvalue weighted by Gasteiger charge is -2.21. The van der Waals surface area contributed by atoms with Crippen molar-refractivity contribution in [2.75, 3.05) is 19.0 Å². The predicted molar refractivity (Wildman–Crippen MR) is 115 cm³/mol. The Kier molecular flexibility index (Phi) is 5.22. The summed E-state index contributed by atoms with van der Waals surface area (Å²) < 4.78 is 28.0. The van der Waals surface area contributed by atoms with E-state index in [2.05, 4.69) is 5.32 Å². The van der Waals surface area contributed by atoms with Gasteiger partial charge >= 0.3 is 5.97 Å². The zero-order chi connectivity index (χ0) is 22.1. The first-order chi connectivity index (χ1) is 15.6. The SMILES string of the molecule is COCc1c(C(=O)OCC(=O)Nc2ccc3c(c2)OC2(CCCC2)O3)oc2ccccc12. The van der Waals surface area contributed by atoms with E-state index in [9.17, 15) is 9.59 Å². The first kappa shape index (κ1) is 20.4. The second kappa shape index (κ2) is 8.20. The molecule has 1 aliphatic carbocycles. The number of anilines is 1. The van der Waals surface area contributed by atoms with Gasteiger partial charge in [0.2, 0.25) is 5.76 Å². The molecular weight excluding hydrogens is 414 g/mol. The Morgan fingerprint density at radius 3 is 2.66 bits per heavy atom. The molecule has 1 amide bonds. The third-order valence-electron chi connectivity index (χ3n) is 5.69. The third kappa shape index (κ3) is 3.78. The van der Waals surface area contributed by atoms with Crippen LogP contribution in [-0.2, 0) is 20.9 Å². The van der Waals surface area contributed by atoms with E-state index in [1.54, 1.807) is 24.3 Å². The number of methoxy groups -OCH3 is 1. The lowest BCUT2D eigenvalue weighted by atomic mass is 10.1. The van der Waals surface area contributed by atoms with Crippen molar-refractivity contribution < 1.29 is 33.0 Å². The van der Waals surface area contributed by atoms with Crippen LogP contribution in [0.1, 0.15) is 41.8 Å². The van der Waals surface area contributed by atoms with Crippen LogP contribution in [0.3, 0.4) is 0 Å². The number of rotatable bonds is 6. The summed E-state index contributed by atoms with van der Waals surface area (Å²) in [6, 6.07) is 12.5. The minimum Gasteiger partial charge on any atom is -0.450 e. The molecule has 1 N–H and O–H groups in total. The number of carbonyl (C=O) groups is 2. The molecule has 0 bridgehead atoms. The largest absolute Gasteiger partial charge is 0.450 e. The summed E-state index contributed by atoms with van der Waals surface area (Å²) >= 11 is 0. The molecule has 1 spiro atoms. The van der Waals surface area contributed by atoms with Crippen molar-refractivity contribution in [2.24, 2.45) is 0 Å². The number of carbonyl (C=O) groups excluding carboxylic acids is 2. The highest BCUT2D eigenvalue weighted by Crippen LogP contribution is 2.47. The predicted octanol–water partition coefficient (Wildman–Crippen LogP) is 4.42. The van der Waals surface area contributed by atoms with E-state index in [0.717, 1.165) is 31.1 Å². The van der Waals surface area contributed by atoms with Crippen molar-refractivity contribution in [3.63, 3.8) is 0 Å². The van der Waals surface area contributed by atoms with Gasteiger partial charge in [-0.3, -0.25) is 4.79 Å². The van der Waals surface area contributed by atoms with E-state index in [4.69, 9.17) is 23.4 Å². The molecule has 1 aromatic heterocycles. The van der Waals surface area contributed by atoms with E-state index in [0.29, 0.717) is 28.3 Å². The van der Waals surface area contributed by atoms with Gasteiger partial charge in [-0.15, -0.1) is 0 Å². The van der Waals surface area contributed by atoms with Gasteiger partial charge in [-0.1, -0.05) is 18.2 Å². The minimum absolute atomic E-state index is 0.0331. The molecule has 8 heteroatoms. The summed E-state index contributed by atoms with van der Waals surface area (Å²) in [5.74, 6) is -0.451. The summed E-state index contributed by atoms with van der Waals surface area (Å²) in [5, 5.41) is 3.49. The van der Waals surface area contributed by atoms with Crippen LogP contribution in [0.4, 0.5) is 5.69 Å². The number of hydrogen-bond acceptors (Lipinski definition) is 7. The molecule has 1 saturated carbocycles. The number of fused-ring (bicyclic) bond motifs is 2. The third-order valence-corrected chi connectivity index (χ3v) is 5.69. The molecule has 3 aromatic rings. The van der Waals surface area contributed by atoms with Crippen molar-refractivity contribution in [3.8, 4) is 11.5 Å². The molecule has 8 nitrogen and oxygen atoms in total.